The molecule has 1 aliphatic rings. The second-order valence-electron chi connectivity index (χ2n) is 4.23. The quantitative estimate of drug-likeness (QED) is 0.846. The molecule has 1 aliphatic heterocycles. The number of pyridine rings is 1. The van der Waals surface area contributed by atoms with Crippen molar-refractivity contribution in [3.8, 4) is 0 Å². The van der Waals surface area contributed by atoms with Crippen molar-refractivity contribution in [2.24, 2.45) is 5.92 Å². The molecule has 1 aromatic rings. The molecule has 0 spiro atoms. The topological polar surface area (TPSA) is 77.8 Å². The zero-order valence-electron chi connectivity index (χ0n) is 10.0. The Morgan fingerprint density at radius 1 is 1.56 bits per heavy atom. The highest BCUT2D eigenvalue weighted by Gasteiger charge is 2.28. The lowest BCUT2D eigenvalue weighted by molar-refractivity contribution is -0.147. The molecule has 0 saturated carbocycles. The third-order valence-electron chi connectivity index (χ3n) is 3.10. The molecule has 2 heterocycles. The molecule has 1 fully saturated rings. The minimum atomic E-state index is -0.802. The molecule has 0 amide bonds. The molecule has 6 heteroatoms. The number of carboxylic acid groups (broad SMARTS) is 1. The van der Waals surface area contributed by atoms with Crippen LogP contribution in [-0.2, 0) is 9.53 Å². The van der Waals surface area contributed by atoms with Gasteiger partial charge in [-0.1, -0.05) is 0 Å². The highest BCUT2D eigenvalue weighted by Crippen LogP contribution is 2.31. The van der Waals surface area contributed by atoms with Gasteiger partial charge in [0.25, 0.3) is 5.56 Å². The van der Waals surface area contributed by atoms with Gasteiger partial charge in [-0.15, -0.1) is 0 Å². The zero-order chi connectivity index (χ0) is 13.1. The number of carboxylic acids is 1. The summed E-state index contributed by atoms with van der Waals surface area (Å²) in [6, 6.07) is 3.03. The van der Waals surface area contributed by atoms with Crippen LogP contribution in [0.15, 0.2) is 23.1 Å². The molecule has 18 heavy (non-hydrogen) atoms. The Labute approximate surface area is 104 Å². The molecule has 0 unspecified atom stereocenters. The van der Waals surface area contributed by atoms with Gasteiger partial charge in [-0.25, -0.2) is 0 Å². The van der Waals surface area contributed by atoms with E-state index < -0.39 is 11.9 Å². The number of carbonyl (C=O) groups is 1. The van der Waals surface area contributed by atoms with Crippen molar-refractivity contribution in [1.29, 1.82) is 0 Å². The smallest absolute Gasteiger partial charge is 0.306 e. The molecule has 2 atom stereocenters. The van der Waals surface area contributed by atoms with Crippen molar-refractivity contribution in [2.45, 2.75) is 18.9 Å². The molecule has 1 aromatic heterocycles. The maximum absolute atomic E-state index is 11.4. The van der Waals surface area contributed by atoms with E-state index in [9.17, 15) is 9.59 Å². The second-order valence-corrected chi connectivity index (χ2v) is 4.23. The number of aromatic nitrogens is 1. The van der Waals surface area contributed by atoms with Gasteiger partial charge in [-0.05, 0) is 18.9 Å². The van der Waals surface area contributed by atoms with Gasteiger partial charge in [0.05, 0.1) is 18.2 Å². The Balaban J connectivity index is 2.20. The number of ether oxygens (including phenoxy) is 1. The van der Waals surface area contributed by atoms with Crippen molar-refractivity contribution in [1.82, 2.24) is 4.73 Å². The van der Waals surface area contributed by atoms with Gasteiger partial charge in [0, 0.05) is 18.2 Å². The highest BCUT2D eigenvalue weighted by atomic mass is 16.6. The number of aliphatic carboxylic acids is 1. The van der Waals surface area contributed by atoms with Gasteiger partial charge in [-0.2, -0.15) is 4.73 Å². The van der Waals surface area contributed by atoms with Gasteiger partial charge in [-0.3, -0.25) is 9.59 Å². The second kappa shape index (κ2) is 5.22. The van der Waals surface area contributed by atoms with Crippen LogP contribution in [0, 0.1) is 5.92 Å². The van der Waals surface area contributed by atoms with E-state index in [0.29, 0.717) is 19.4 Å². The van der Waals surface area contributed by atoms with E-state index in [0.717, 1.165) is 10.3 Å². The maximum Gasteiger partial charge on any atom is 0.306 e. The summed E-state index contributed by atoms with van der Waals surface area (Å²) < 4.78 is 6.65. The summed E-state index contributed by atoms with van der Waals surface area (Å²) in [5, 5.41) is 9.01. The van der Waals surface area contributed by atoms with E-state index in [1.54, 1.807) is 6.07 Å². The molecule has 1 saturated heterocycles. The van der Waals surface area contributed by atoms with Crippen molar-refractivity contribution < 1.29 is 19.5 Å². The van der Waals surface area contributed by atoms with E-state index in [1.807, 2.05) is 0 Å². The van der Waals surface area contributed by atoms with Crippen molar-refractivity contribution in [3.63, 3.8) is 0 Å². The maximum atomic E-state index is 11.4. The van der Waals surface area contributed by atoms with Crippen LogP contribution in [0.2, 0.25) is 0 Å². The summed E-state index contributed by atoms with van der Waals surface area (Å²) >= 11 is 0. The van der Waals surface area contributed by atoms with Crippen LogP contribution in [0.3, 0.4) is 0 Å². The lowest BCUT2D eigenvalue weighted by Crippen LogP contribution is -2.28. The monoisotopic (exact) mass is 253 g/mol. The van der Waals surface area contributed by atoms with Gasteiger partial charge in [0.1, 0.15) is 7.11 Å². The summed E-state index contributed by atoms with van der Waals surface area (Å²) in [6.45, 7) is 0.410. The van der Waals surface area contributed by atoms with Crippen LogP contribution < -0.4 is 10.4 Å². The minimum absolute atomic E-state index is 0.271. The fourth-order valence-electron chi connectivity index (χ4n) is 2.07. The van der Waals surface area contributed by atoms with Crippen LogP contribution >= 0.6 is 0 Å². The largest absolute Gasteiger partial charge is 0.481 e. The van der Waals surface area contributed by atoms with E-state index in [2.05, 4.69) is 0 Å². The average molecular weight is 253 g/mol. The summed E-state index contributed by atoms with van der Waals surface area (Å²) in [7, 11) is 1.40. The normalized spacial score (nSPS) is 23.6. The van der Waals surface area contributed by atoms with Crippen molar-refractivity contribution >= 4 is 5.97 Å². The van der Waals surface area contributed by atoms with Gasteiger partial charge < -0.3 is 14.7 Å². The van der Waals surface area contributed by atoms with Gasteiger partial charge in [0.15, 0.2) is 0 Å². The highest BCUT2D eigenvalue weighted by molar-refractivity contribution is 5.70. The molecule has 0 bridgehead atoms. The van der Waals surface area contributed by atoms with E-state index in [1.165, 1.54) is 19.4 Å². The number of rotatable bonds is 3. The van der Waals surface area contributed by atoms with Crippen LogP contribution in [0.1, 0.15) is 24.5 Å². The standard InChI is InChI=1S/C12H15NO5/c1-17-13-7-9(2-3-11(13)14)10-6-8(12(15)16)4-5-18-10/h2-3,7-8,10H,4-6H2,1H3,(H,15,16)/t8-,10+/m0/s1. The molecule has 0 aromatic carbocycles. The molecule has 1 N–H and O–H groups in total. The molecule has 0 aliphatic carbocycles. The molecule has 98 valence electrons. The molecule has 6 nitrogen and oxygen atoms in total. The van der Waals surface area contributed by atoms with Gasteiger partial charge in [0.2, 0.25) is 0 Å². The van der Waals surface area contributed by atoms with Gasteiger partial charge >= 0.3 is 5.97 Å². The number of nitrogens with zero attached hydrogens (tertiary/aromatic N) is 1. The Bertz CT molecular complexity index is 495. The van der Waals surface area contributed by atoms with Crippen LogP contribution in [0.25, 0.3) is 0 Å². The lowest BCUT2D eigenvalue weighted by atomic mass is 9.93. The predicted octanol–water partition coefficient (Wildman–Crippen LogP) is 0.459. The van der Waals surface area contributed by atoms with E-state index in [-0.39, 0.29) is 11.7 Å². The molecule has 2 rings (SSSR count). The predicted molar refractivity (Wildman–Crippen MR) is 62.3 cm³/mol. The number of hydrogen-bond acceptors (Lipinski definition) is 4. The Morgan fingerprint density at radius 3 is 3.00 bits per heavy atom. The fraction of sp³-hybridized carbons (Fsp3) is 0.500. The molecule has 0 radical (unpaired) electrons. The van der Waals surface area contributed by atoms with Crippen molar-refractivity contribution in [2.75, 3.05) is 13.7 Å². The summed E-state index contributed by atoms with van der Waals surface area (Å²) in [6.07, 6.45) is 2.17. The van der Waals surface area contributed by atoms with Crippen LogP contribution in [0.5, 0.6) is 0 Å². The summed E-state index contributed by atoms with van der Waals surface area (Å²) in [5.74, 6) is -1.20. The first-order valence-electron chi connectivity index (χ1n) is 5.73. The molecular formula is C12H15NO5. The SMILES string of the molecule is COn1cc([C@H]2C[C@@H](C(=O)O)CCO2)ccc1=O. The summed E-state index contributed by atoms with van der Waals surface area (Å²) in [5.41, 5.74) is 0.481. The lowest BCUT2D eigenvalue weighted by Gasteiger charge is -2.27. The van der Waals surface area contributed by atoms with E-state index >= 15 is 0 Å². The Morgan fingerprint density at radius 2 is 2.33 bits per heavy atom. The zero-order valence-corrected chi connectivity index (χ0v) is 10.0. The first kappa shape index (κ1) is 12.6. The first-order valence-corrected chi connectivity index (χ1v) is 5.73. The molecular weight excluding hydrogens is 238 g/mol. The third-order valence-corrected chi connectivity index (χ3v) is 3.10. The van der Waals surface area contributed by atoms with Crippen molar-refractivity contribution in [3.05, 3.63) is 34.2 Å². The number of hydrogen-bond donors (Lipinski definition) is 1. The summed E-state index contributed by atoms with van der Waals surface area (Å²) in [4.78, 5) is 27.2. The Kier molecular flexibility index (Phi) is 3.66. The van der Waals surface area contributed by atoms with Crippen LogP contribution in [-0.4, -0.2) is 29.5 Å². The first-order chi connectivity index (χ1) is 8.61. The van der Waals surface area contributed by atoms with E-state index in [4.69, 9.17) is 14.7 Å². The third kappa shape index (κ3) is 2.53. The average Bonchev–Trinajstić information content (AvgIpc) is 2.39. The minimum Gasteiger partial charge on any atom is -0.481 e. The van der Waals surface area contributed by atoms with Crippen LogP contribution in [0.4, 0.5) is 0 Å². The fourth-order valence-corrected chi connectivity index (χ4v) is 2.07. The Hall–Kier alpha value is -1.82.